The van der Waals surface area contributed by atoms with Gasteiger partial charge in [0, 0.05) is 36.4 Å². The highest BCUT2D eigenvalue weighted by Crippen LogP contribution is 2.25. The topological polar surface area (TPSA) is 105 Å². The molecule has 0 atom stereocenters. The van der Waals surface area contributed by atoms with Crippen LogP contribution in [0.3, 0.4) is 0 Å². The summed E-state index contributed by atoms with van der Waals surface area (Å²) in [5, 5.41) is 16.8. The van der Waals surface area contributed by atoms with Gasteiger partial charge in [-0.15, -0.1) is 0 Å². The molecule has 9 heteroatoms. The highest BCUT2D eigenvalue weighted by molar-refractivity contribution is 9.10. The molecular weight excluding hydrogens is 428 g/mol. The predicted molar refractivity (Wildman–Crippen MR) is 108 cm³/mol. The van der Waals surface area contributed by atoms with E-state index in [-0.39, 0.29) is 29.2 Å². The van der Waals surface area contributed by atoms with Crippen molar-refractivity contribution in [1.29, 1.82) is 0 Å². The van der Waals surface area contributed by atoms with Crippen molar-refractivity contribution in [3.63, 3.8) is 0 Å². The smallest absolute Gasteiger partial charge is 0.321 e. The second-order valence-corrected chi connectivity index (χ2v) is 7.31. The number of nitrogens with zero attached hydrogens (tertiary/aromatic N) is 2. The molecule has 0 saturated carbocycles. The van der Waals surface area contributed by atoms with Gasteiger partial charge in [-0.25, -0.2) is 4.79 Å². The van der Waals surface area contributed by atoms with Crippen molar-refractivity contribution in [1.82, 2.24) is 10.2 Å². The van der Waals surface area contributed by atoms with E-state index in [1.165, 1.54) is 18.2 Å². The van der Waals surface area contributed by atoms with Gasteiger partial charge < -0.3 is 15.5 Å². The summed E-state index contributed by atoms with van der Waals surface area (Å²) in [6, 6.07) is 13.2. The molecule has 2 aromatic carbocycles. The number of carbonyl (C=O) groups is 2. The molecule has 8 nitrogen and oxygen atoms in total. The lowest BCUT2D eigenvalue weighted by Crippen LogP contribution is -2.47. The standard InChI is InChI=1S/C19H19BrN4O4/c20-16-7-6-13(12-17(16)24(27)28)18(25)21-15-8-10-23(11-9-15)19(26)22-14-4-2-1-3-5-14/h1-7,12,15H,8-11H2,(H,21,25)(H,22,26). The van der Waals surface area contributed by atoms with E-state index in [1.807, 2.05) is 30.3 Å². The SMILES string of the molecule is O=C(NC1CCN(C(=O)Nc2ccccc2)CC1)c1ccc(Br)c([N+](=O)[O-])c1. The number of amides is 3. The lowest BCUT2D eigenvalue weighted by molar-refractivity contribution is -0.385. The summed E-state index contributed by atoms with van der Waals surface area (Å²) in [7, 11) is 0. The molecule has 0 spiro atoms. The summed E-state index contributed by atoms with van der Waals surface area (Å²) >= 11 is 3.11. The van der Waals surface area contributed by atoms with Gasteiger partial charge in [0.1, 0.15) is 0 Å². The Hall–Kier alpha value is -2.94. The van der Waals surface area contributed by atoms with Crippen LogP contribution in [0.4, 0.5) is 16.2 Å². The van der Waals surface area contributed by atoms with Gasteiger partial charge in [0.05, 0.1) is 9.40 Å². The van der Waals surface area contributed by atoms with Crippen LogP contribution >= 0.6 is 15.9 Å². The monoisotopic (exact) mass is 446 g/mol. The summed E-state index contributed by atoms with van der Waals surface area (Å²) in [6.07, 6.45) is 1.24. The first-order chi connectivity index (χ1) is 13.4. The van der Waals surface area contributed by atoms with Crippen LogP contribution in [-0.4, -0.2) is 40.9 Å². The molecular formula is C19H19BrN4O4. The summed E-state index contributed by atoms with van der Waals surface area (Å²) in [4.78, 5) is 36.9. The number of carbonyl (C=O) groups excluding carboxylic acids is 2. The molecule has 3 rings (SSSR count). The Bertz CT molecular complexity index is 883. The Balaban J connectivity index is 1.53. The van der Waals surface area contributed by atoms with E-state index in [4.69, 9.17) is 0 Å². The highest BCUT2D eigenvalue weighted by atomic mass is 79.9. The molecule has 28 heavy (non-hydrogen) atoms. The highest BCUT2D eigenvalue weighted by Gasteiger charge is 2.25. The first-order valence-electron chi connectivity index (χ1n) is 8.80. The molecule has 3 amide bonds. The molecule has 1 saturated heterocycles. The Morgan fingerprint density at radius 2 is 1.79 bits per heavy atom. The Morgan fingerprint density at radius 1 is 1.11 bits per heavy atom. The zero-order valence-electron chi connectivity index (χ0n) is 14.9. The van der Waals surface area contributed by atoms with Crippen LogP contribution in [0.15, 0.2) is 53.0 Å². The summed E-state index contributed by atoms with van der Waals surface area (Å²) < 4.78 is 0.326. The first-order valence-corrected chi connectivity index (χ1v) is 9.59. The number of hydrogen-bond acceptors (Lipinski definition) is 4. The van der Waals surface area contributed by atoms with E-state index < -0.39 is 4.92 Å². The van der Waals surface area contributed by atoms with E-state index in [2.05, 4.69) is 26.6 Å². The number of nitro groups is 1. The fraction of sp³-hybridized carbons (Fsp3) is 0.263. The van der Waals surface area contributed by atoms with E-state index in [0.29, 0.717) is 30.4 Å². The molecule has 1 heterocycles. The fourth-order valence-corrected chi connectivity index (χ4v) is 3.40. The van der Waals surface area contributed by atoms with Gasteiger partial charge in [0.15, 0.2) is 0 Å². The quantitative estimate of drug-likeness (QED) is 0.550. The van der Waals surface area contributed by atoms with Crippen LogP contribution in [0, 0.1) is 10.1 Å². The number of nitro benzene ring substituents is 1. The van der Waals surface area contributed by atoms with Crippen LogP contribution in [0.5, 0.6) is 0 Å². The maximum Gasteiger partial charge on any atom is 0.321 e. The van der Waals surface area contributed by atoms with Gasteiger partial charge in [-0.1, -0.05) is 18.2 Å². The first kappa shape index (κ1) is 19.8. The van der Waals surface area contributed by atoms with E-state index >= 15 is 0 Å². The minimum absolute atomic E-state index is 0.0871. The molecule has 1 aliphatic rings. The molecule has 0 radical (unpaired) electrons. The van der Waals surface area contributed by atoms with Gasteiger partial charge in [-0.3, -0.25) is 14.9 Å². The minimum atomic E-state index is -0.537. The van der Waals surface area contributed by atoms with E-state index in [1.54, 1.807) is 4.90 Å². The van der Waals surface area contributed by atoms with Crippen molar-refractivity contribution >= 4 is 39.2 Å². The zero-order valence-corrected chi connectivity index (χ0v) is 16.5. The van der Waals surface area contributed by atoms with Crippen LogP contribution in [0.1, 0.15) is 23.2 Å². The maximum atomic E-state index is 12.4. The Morgan fingerprint density at radius 3 is 2.43 bits per heavy atom. The molecule has 0 aliphatic carbocycles. The van der Waals surface area contributed by atoms with E-state index in [0.717, 1.165) is 5.69 Å². The van der Waals surface area contributed by atoms with Crippen LogP contribution < -0.4 is 10.6 Å². The number of urea groups is 1. The van der Waals surface area contributed by atoms with Crippen molar-refractivity contribution in [2.75, 3.05) is 18.4 Å². The molecule has 2 N–H and O–H groups in total. The van der Waals surface area contributed by atoms with Crippen LogP contribution in [0.2, 0.25) is 0 Å². The van der Waals surface area contributed by atoms with Gasteiger partial charge in [-0.2, -0.15) is 0 Å². The third kappa shape index (κ3) is 4.86. The van der Waals surface area contributed by atoms with Gasteiger partial charge in [0.25, 0.3) is 11.6 Å². The second kappa shape index (κ2) is 8.83. The third-order valence-corrected chi connectivity index (χ3v) is 5.22. The fourth-order valence-electron chi connectivity index (χ4n) is 3.01. The molecule has 1 fully saturated rings. The number of nitrogens with one attached hydrogen (secondary N) is 2. The number of anilines is 1. The molecule has 0 bridgehead atoms. The molecule has 2 aromatic rings. The number of hydrogen-bond donors (Lipinski definition) is 2. The zero-order chi connectivity index (χ0) is 20.1. The van der Waals surface area contributed by atoms with Gasteiger partial charge in [0.2, 0.25) is 0 Å². The molecule has 0 unspecified atom stereocenters. The van der Waals surface area contributed by atoms with Crippen molar-refractivity contribution in [3.05, 3.63) is 68.7 Å². The third-order valence-electron chi connectivity index (χ3n) is 4.55. The van der Waals surface area contributed by atoms with Gasteiger partial charge in [-0.05, 0) is 53.0 Å². The van der Waals surface area contributed by atoms with Crippen LogP contribution in [0.25, 0.3) is 0 Å². The predicted octanol–water partition coefficient (Wildman–Crippen LogP) is 3.78. The molecule has 0 aromatic heterocycles. The number of benzene rings is 2. The normalized spacial score (nSPS) is 14.4. The van der Waals surface area contributed by atoms with Crippen molar-refractivity contribution < 1.29 is 14.5 Å². The number of rotatable bonds is 4. The van der Waals surface area contributed by atoms with Crippen molar-refractivity contribution in [2.45, 2.75) is 18.9 Å². The average Bonchev–Trinajstić information content (AvgIpc) is 2.69. The van der Waals surface area contributed by atoms with Gasteiger partial charge >= 0.3 is 6.03 Å². The summed E-state index contributed by atoms with van der Waals surface area (Å²) in [5.74, 6) is -0.359. The number of piperidine rings is 1. The summed E-state index contributed by atoms with van der Waals surface area (Å²) in [6.45, 7) is 1.04. The van der Waals surface area contributed by atoms with Crippen molar-refractivity contribution in [2.24, 2.45) is 0 Å². The largest absolute Gasteiger partial charge is 0.349 e. The maximum absolute atomic E-state index is 12.4. The minimum Gasteiger partial charge on any atom is -0.349 e. The van der Waals surface area contributed by atoms with E-state index in [9.17, 15) is 19.7 Å². The average molecular weight is 447 g/mol. The molecule has 1 aliphatic heterocycles. The second-order valence-electron chi connectivity index (χ2n) is 6.45. The number of likely N-dealkylation sites (tertiary alicyclic amines) is 1. The van der Waals surface area contributed by atoms with Crippen molar-refractivity contribution in [3.8, 4) is 0 Å². The number of halogens is 1. The summed E-state index contributed by atoms with van der Waals surface area (Å²) in [5.41, 5.74) is 0.818. The van der Waals surface area contributed by atoms with Crippen LogP contribution in [-0.2, 0) is 0 Å². The lowest BCUT2D eigenvalue weighted by Gasteiger charge is -2.32. The molecule has 146 valence electrons. The number of para-hydroxylation sites is 1. The lowest BCUT2D eigenvalue weighted by atomic mass is 10.0. The Kier molecular flexibility index (Phi) is 6.25. The Labute approximate surface area is 170 Å².